The number of carbonyl (C=O) groups excluding carboxylic acids is 1. The van der Waals surface area contributed by atoms with Crippen LogP contribution in [0.5, 0.6) is 0 Å². The fourth-order valence-electron chi connectivity index (χ4n) is 1.09. The summed E-state index contributed by atoms with van der Waals surface area (Å²) in [6, 6.07) is 0. The Morgan fingerprint density at radius 1 is 1.50 bits per heavy atom. The molecular formula is C6H12N2O2. The first kappa shape index (κ1) is 7.50. The summed E-state index contributed by atoms with van der Waals surface area (Å²) in [6.45, 7) is 1.33. The maximum atomic E-state index is 10.6. The topological polar surface area (TPSA) is 75.4 Å². The van der Waals surface area contributed by atoms with Crippen LogP contribution in [0.15, 0.2) is 0 Å². The van der Waals surface area contributed by atoms with E-state index in [1.807, 2.05) is 0 Å². The molecule has 4 nitrogen and oxygen atoms in total. The molecule has 0 unspecified atom stereocenters. The Balaban J connectivity index is 2.56. The van der Waals surface area contributed by atoms with E-state index in [0.717, 1.165) is 0 Å². The molecule has 0 atom stereocenters. The lowest BCUT2D eigenvalue weighted by Crippen LogP contribution is -2.50. The molecule has 1 saturated heterocycles. The number of carbonyl (C=O) groups is 1. The molecule has 0 aromatic heterocycles. The summed E-state index contributed by atoms with van der Waals surface area (Å²) in [5.74, 6) is -0.603. The molecule has 0 spiro atoms. The van der Waals surface area contributed by atoms with E-state index in [9.17, 15) is 9.90 Å². The van der Waals surface area contributed by atoms with Gasteiger partial charge in [0.1, 0.15) is 5.60 Å². The quantitative estimate of drug-likeness (QED) is 0.423. The van der Waals surface area contributed by atoms with Gasteiger partial charge >= 0.3 is 0 Å². The minimum atomic E-state index is -1.24. The van der Waals surface area contributed by atoms with Gasteiger partial charge in [-0.25, -0.2) is 0 Å². The molecule has 58 valence electrons. The average Bonchev–Trinajstić information content (AvgIpc) is 1.89. The van der Waals surface area contributed by atoms with Crippen molar-refractivity contribution in [2.45, 2.75) is 18.4 Å². The van der Waals surface area contributed by atoms with Gasteiger partial charge in [0.25, 0.3) is 0 Å². The molecule has 0 aromatic carbocycles. The smallest absolute Gasteiger partial charge is 0.249 e. The van der Waals surface area contributed by atoms with Crippen molar-refractivity contribution in [2.24, 2.45) is 5.73 Å². The van der Waals surface area contributed by atoms with Gasteiger partial charge < -0.3 is 16.2 Å². The molecule has 1 heterocycles. The van der Waals surface area contributed by atoms with Crippen LogP contribution in [0.4, 0.5) is 0 Å². The van der Waals surface area contributed by atoms with E-state index in [4.69, 9.17) is 5.73 Å². The Hall–Kier alpha value is -0.610. The van der Waals surface area contributed by atoms with Crippen LogP contribution < -0.4 is 11.1 Å². The van der Waals surface area contributed by atoms with Crippen LogP contribution in [-0.4, -0.2) is 29.7 Å². The van der Waals surface area contributed by atoms with Gasteiger partial charge in [0.05, 0.1) is 0 Å². The maximum Gasteiger partial charge on any atom is 0.249 e. The summed E-state index contributed by atoms with van der Waals surface area (Å²) >= 11 is 0. The highest BCUT2D eigenvalue weighted by Gasteiger charge is 2.34. The fourth-order valence-corrected chi connectivity index (χ4v) is 1.09. The van der Waals surface area contributed by atoms with Gasteiger partial charge in [-0.1, -0.05) is 0 Å². The molecule has 0 aromatic rings. The summed E-state index contributed by atoms with van der Waals surface area (Å²) in [4.78, 5) is 10.6. The first-order valence-corrected chi connectivity index (χ1v) is 3.38. The molecular weight excluding hydrogens is 132 g/mol. The summed E-state index contributed by atoms with van der Waals surface area (Å²) < 4.78 is 0. The van der Waals surface area contributed by atoms with Crippen molar-refractivity contribution in [2.75, 3.05) is 13.1 Å². The maximum absolute atomic E-state index is 10.6. The van der Waals surface area contributed by atoms with Gasteiger partial charge in [-0.05, 0) is 25.9 Å². The normalized spacial score (nSPS) is 24.1. The Labute approximate surface area is 59.4 Å². The number of hydrogen-bond acceptors (Lipinski definition) is 3. The first-order valence-electron chi connectivity index (χ1n) is 3.38. The number of piperidine rings is 1. The molecule has 1 rings (SSSR count). The van der Waals surface area contributed by atoms with Crippen molar-refractivity contribution in [3.05, 3.63) is 0 Å². The molecule has 1 fully saturated rings. The van der Waals surface area contributed by atoms with Crippen LogP contribution in [0.2, 0.25) is 0 Å². The van der Waals surface area contributed by atoms with E-state index >= 15 is 0 Å². The highest BCUT2D eigenvalue weighted by atomic mass is 16.3. The van der Waals surface area contributed by atoms with Crippen molar-refractivity contribution < 1.29 is 9.90 Å². The largest absolute Gasteiger partial charge is 0.380 e. The summed E-state index contributed by atoms with van der Waals surface area (Å²) in [7, 11) is 0. The van der Waals surface area contributed by atoms with E-state index in [1.54, 1.807) is 0 Å². The number of nitrogens with one attached hydrogen (secondary N) is 1. The molecule has 0 saturated carbocycles. The van der Waals surface area contributed by atoms with Crippen molar-refractivity contribution >= 4 is 5.91 Å². The van der Waals surface area contributed by atoms with Gasteiger partial charge in [-0.2, -0.15) is 0 Å². The lowest BCUT2D eigenvalue weighted by Gasteiger charge is -2.28. The zero-order valence-electron chi connectivity index (χ0n) is 5.76. The van der Waals surface area contributed by atoms with Crippen LogP contribution in [0.1, 0.15) is 12.8 Å². The number of amides is 1. The second-order valence-corrected chi connectivity index (χ2v) is 2.65. The Bertz CT molecular complexity index is 141. The van der Waals surface area contributed by atoms with Gasteiger partial charge in [-0.3, -0.25) is 4.79 Å². The Kier molecular flexibility index (Phi) is 1.92. The van der Waals surface area contributed by atoms with E-state index in [2.05, 4.69) is 5.32 Å². The molecule has 4 heteroatoms. The molecule has 0 radical (unpaired) electrons. The molecule has 4 N–H and O–H groups in total. The number of nitrogens with two attached hydrogens (primary N) is 1. The van der Waals surface area contributed by atoms with Crippen molar-refractivity contribution in [1.82, 2.24) is 5.32 Å². The summed E-state index contributed by atoms with van der Waals surface area (Å²) in [5.41, 5.74) is 3.74. The summed E-state index contributed by atoms with van der Waals surface area (Å²) in [6.07, 6.45) is 0.866. The highest BCUT2D eigenvalue weighted by Crippen LogP contribution is 2.16. The van der Waals surface area contributed by atoms with Crippen LogP contribution in [0.25, 0.3) is 0 Å². The SMILES string of the molecule is NC(=O)C1(O)CCNCC1. The van der Waals surface area contributed by atoms with Crippen molar-refractivity contribution in [1.29, 1.82) is 0 Å². The lowest BCUT2D eigenvalue weighted by atomic mass is 9.92. The minimum Gasteiger partial charge on any atom is -0.380 e. The van der Waals surface area contributed by atoms with Crippen molar-refractivity contribution in [3.63, 3.8) is 0 Å². The third-order valence-electron chi connectivity index (χ3n) is 1.89. The molecule has 0 bridgehead atoms. The zero-order valence-corrected chi connectivity index (χ0v) is 5.76. The molecule has 1 amide bonds. The third-order valence-corrected chi connectivity index (χ3v) is 1.89. The average molecular weight is 144 g/mol. The van der Waals surface area contributed by atoms with E-state index in [0.29, 0.717) is 25.9 Å². The standard InChI is InChI=1S/C6H12N2O2/c7-5(9)6(10)1-3-8-4-2-6/h8,10H,1-4H2,(H2,7,9). The van der Waals surface area contributed by atoms with Gasteiger partial charge in [0, 0.05) is 0 Å². The molecule has 0 aliphatic carbocycles. The van der Waals surface area contributed by atoms with Gasteiger partial charge in [-0.15, -0.1) is 0 Å². The van der Waals surface area contributed by atoms with Crippen LogP contribution >= 0.6 is 0 Å². The highest BCUT2D eigenvalue weighted by molar-refractivity contribution is 5.83. The first-order chi connectivity index (χ1) is 4.65. The predicted molar refractivity (Wildman–Crippen MR) is 36.2 cm³/mol. The minimum absolute atomic E-state index is 0.433. The second-order valence-electron chi connectivity index (χ2n) is 2.65. The van der Waals surface area contributed by atoms with Crippen LogP contribution in [0.3, 0.4) is 0 Å². The molecule has 10 heavy (non-hydrogen) atoms. The Morgan fingerprint density at radius 3 is 2.30 bits per heavy atom. The number of primary amides is 1. The number of aliphatic hydroxyl groups is 1. The second kappa shape index (κ2) is 2.56. The lowest BCUT2D eigenvalue weighted by molar-refractivity contribution is -0.138. The van der Waals surface area contributed by atoms with E-state index < -0.39 is 11.5 Å². The van der Waals surface area contributed by atoms with E-state index in [-0.39, 0.29) is 0 Å². The van der Waals surface area contributed by atoms with Gasteiger partial charge in [0.2, 0.25) is 5.91 Å². The monoisotopic (exact) mass is 144 g/mol. The third kappa shape index (κ3) is 1.27. The predicted octanol–water partition coefficient (Wildman–Crippen LogP) is -1.41. The van der Waals surface area contributed by atoms with Gasteiger partial charge in [0.15, 0.2) is 0 Å². The number of rotatable bonds is 1. The van der Waals surface area contributed by atoms with E-state index in [1.165, 1.54) is 0 Å². The zero-order chi connectivity index (χ0) is 7.61. The molecule has 1 aliphatic heterocycles. The fraction of sp³-hybridized carbons (Fsp3) is 0.833. The molecule has 1 aliphatic rings. The number of hydrogen-bond donors (Lipinski definition) is 3. The summed E-state index contributed by atoms with van der Waals surface area (Å²) in [5, 5.41) is 12.5. The Morgan fingerprint density at radius 2 is 2.00 bits per heavy atom. The van der Waals surface area contributed by atoms with Crippen LogP contribution in [0, 0.1) is 0 Å². The van der Waals surface area contributed by atoms with Crippen molar-refractivity contribution in [3.8, 4) is 0 Å². The van der Waals surface area contributed by atoms with Crippen LogP contribution in [-0.2, 0) is 4.79 Å².